The Morgan fingerprint density at radius 3 is 2.64 bits per heavy atom. The van der Waals surface area contributed by atoms with Gasteiger partial charge in [0.15, 0.2) is 0 Å². The van der Waals surface area contributed by atoms with E-state index in [9.17, 15) is 0 Å². The molecule has 0 aromatic carbocycles. The van der Waals surface area contributed by atoms with Crippen molar-refractivity contribution in [3.8, 4) is 6.07 Å². The first kappa shape index (κ1) is 10.9. The van der Waals surface area contributed by atoms with Crippen molar-refractivity contribution in [3.63, 3.8) is 0 Å². The fraction of sp³-hybridized carbons (Fsp3) is 0.400. The highest BCUT2D eigenvalue weighted by molar-refractivity contribution is 8.00. The highest BCUT2D eigenvalue weighted by Gasteiger charge is 2.16. The molecule has 0 amide bonds. The van der Waals surface area contributed by atoms with Gasteiger partial charge in [0.2, 0.25) is 0 Å². The fourth-order valence-electron chi connectivity index (χ4n) is 0.920. The number of nitrogens with two attached hydrogens (primary N) is 1. The highest BCUT2D eigenvalue weighted by atomic mass is 32.2. The van der Waals surface area contributed by atoms with Crippen molar-refractivity contribution < 1.29 is 0 Å². The molecule has 0 unspecified atom stereocenters. The van der Waals surface area contributed by atoms with E-state index in [0.717, 1.165) is 5.03 Å². The molecular formula is C10H13N3S. The second-order valence-corrected chi connectivity index (χ2v) is 5.76. The predicted octanol–water partition coefficient (Wildman–Crippen LogP) is 2.43. The first-order chi connectivity index (χ1) is 6.42. The van der Waals surface area contributed by atoms with E-state index in [4.69, 9.17) is 11.0 Å². The molecule has 0 aliphatic heterocycles. The summed E-state index contributed by atoms with van der Waals surface area (Å²) < 4.78 is 0.0503. The van der Waals surface area contributed by atoms with E-state index >= 15 is 0 Å². The van der Waals surface area contributed by atoms with Crippen LogP contribution in [0.15, 0.2) is 17.3 Å². The van der Waals surface area contributed by atoms with Gasteiger partial charge < -0.3 is 5.73 Å². The summed E-state index contributed by atoms with van der Waals surface area (Å²) in [5, 5.41) is 9.63. The Kier molecular flexibility index (Phi) is 3.02. The van der Waals surface area contributed by atoms with Gasteiger partial charge in [-0.2, -0.15) is 5.26 Å². The Balaban J connectivity index is 3.05. The zero-order valence-corrected chi connectivity index (χ0v) is 9.35. The van der Waals surface area contributed by atoms with Gasteiger partial charge in [-0.3, -0.25) is 0 Å². The van der Waals surface area contributed by atoms with Crippen LogP contribution in [0.4, 0.5) is 5.69 Å². The van der Waals surface area contributed by atoms with E-state index in [2.05, 4.69) is 31.8 Å². The smallest absolute Gasteiger partial charge is 0.114 e. The molecule has 0 aliphatic carbocycles. The molecule has 0 saturated heterocycles. The van der Waals surface area contributed by atoms with Gasteiger partial charge in [0, 0.05) is 4.75 Å². The number of hydrogen-bond acceptors (Lipinski definition) is 4. The van der Waals surface area contributed by atoms with E-state index in [1.807, 2.05) is 0 Å². The first-order valence-electron chi connectivity index (χ1n) is 4.27. The molecule has 4 heteroatoms. The van der Waals surface area contributed by atoms with Crippen molar-refractivity contribution in [2.45, 2.75) is 30.5 Å². The van der Waals surface area contributed by atoms with Crippen LogP contribution < -0.4 is 5.73 Å². The molecule has 0 aliphatic rings. The first-order valence-corrected chi connectivity index (χ1v) is 5.08. The molecule has 74 valence electrons. The molecule has 1 aromatic rings. The maximum atomic E-state index is 8.88. The quantitative estimate of drug-likeness (QED) is 0.718. The summed E-state index contributed by atoms with van der Waals surface area (Å²) in [5.74, 6) is 0. The van der Waals surface area contributed by atoms with Crippen LogP contribution in [-0.4, -0.2) is 9.73 Å². The van der Waals surface area contributed by atoms with Gasteiger partial charge in [-0.1, -0.05) is 32.5 Å². The average molecular weight is 207 g/mol. The van der Waals surface area contributed by atoms with Gasteiger partial charge in [0.25, 0.3) is 0 Å². The molecule has 3 nitrogen and oxygen atoms in total. The van der Waals surface area contributed by atoms with Crippen molar-refractivity contribution in [2.75, 3.05) is 5.73 Å². The lowest BCUT2D eigenvalue weighted by molar-refractivity contribution is 0.799. The van der Waals surface area contributed by atoms with Gasteiger partial charge >= 0.3 is 0 Å². The van der Waals surface area contributed by atoms with E-state index in [1.54, 1.807) is 24.0 Å². The number of nitriles is 1. The molecule has 0 radical (unpaired) electrons. The van der Waals surface area contributed by atoms with Gasteiger partial charge in [-0.05, 0) is 6.07 Å². The molecule has 0 fully saturated rings. The average Bonchev–Trinajstić information content (AvgIpc) is 2.06. The summed E-state index contributed by atoms with van der Waals surface area (Å²) in [6, 6.07) is 3.75. The lowest BCUT2D eigenvalue weighted by atomic mass is 10.3. The molecule has 2 N–H and O–H groups in total. The van der Waals surface area contributed by atoms with E-state index in [-0.39, 0.29) is 4.75 Å². The summed E-state index contributed by atoms with van der Waals surface area (Å²) in [7, 11) is 0. The zero-order chi connectivity index (χ0) is 10.8. The summed E-state index contributed by atoms with van der Waals surface area (Å²) in [6.07, 6.45) is 1.58. The number of hydrogen-bond donors (Lipinski definition) is 1. The molecule has 0 saturated carbocycles. The maximum Gasteiger partial charge on any atom is 0.114 e. The molecule has 0 atom stereocenters. The Labute approximate surface area is 88.3 Å². The molecule has 0 spiro atoms. The number of aromatic nitrogens is 1. The predicted molar refractivity (Wildman–Crippen MR) is 59.0 cm³/mol. The standard InChI is InChI=1S/C10H13N3S/c1-10(2,3)14-9-7(5-11)4-8(12)6-13-9/h4,6H,12H2,1-3H3. The van der Waals surface area contributed by atoms with Crippen molar-refractivity contribution in [1.82, 2.24) is 4.98 Å². The minimum Gasteiger partial charge on any atom is -0.397 e. The highest BCUT2D eigenvalue weighted by Crippen LogP contribution is 2.32. The van der Waals surface area contributed by atoms with E-state index in [1.165, 1.54) is 0 Å². The lowest BCUT2D eigenvalue weighted by Gasteiger charge is -2.17. The molecule has 1 heterocycles. The Morgan fingerprint density at radius 1 is 1.50 bits per heavy atom. The number of thioether (sulfide) groups is 1. The summed E-state index contributed by atoms with van der Waals surface area (Å²) in [6.45, 7) is 6.24. The third-order valence-electron chi connectivity index (χ3n) is 1.40. The van der Waals surface area contributed by atoms with Crippen LogP contribution in [0.25, 0.3) is 0 Å². The Bertz CT molecular complexity index is 374. The molecule has 14 heavy (non-hydrogen) atoms. The summed E-state index contributed by atoms with van der Waals surface area (Å²) in [4.78, 5) is 4.15. The van der Waals surface area contributed by atoms with Crippen LogP contribution in [0.2, 0.25) is 0 Å². The molecule has 1 rings (SSSR count). The topological polar surface area (TPSA) is 62.7 Å². The van der Waals surface area contributed by atoms with Gasteiger partial charge in [-0.25, -0.2) is 4.98 Å². The molecule has 0 bridgehead atoms. The third kappa shape index (κ3) is 2.93. The second kappa shape index (κ2) is 3.89. The van der Waals surface area contributed by atoms with Crippen LogP contribution in [0.5, 0.6) is 0 Å². The van der Waals surface area contributed by atoms with Crippen molar-refractivity contribution in [1.29, 1.82) is 5.26 Å². The Hall–Kier alpha value is -1.21. The van der Waals surface area contributed by atoms with Crippen molar-refractivity contribution in [3.05, 3.63) is 17.8 Å². The third-order valence-corrected chi connectivity index (χ3v) is 2.53. The summed E-state index contributed by atoms with van der Waals surface area (Å²) in [5.41, 5.74) is 6.62. The number of pyridine rings is 1. The number of anilines is 1. The fourth-order valence-corrected chi connectivity index (χ4v) is 1.82. The van der Waals surface area contributed by atoms with Gasteiger partial charge in [-0.15, -0.1) is 0 Å². The van der Waals surface area contributed by atoms with Crippen LogP contribution in [0, 0.1) is 11.3 Å². The number of nitrogen functional groups attached to an aromatic ring is 1. The van der Waals surface area contributed by atoms with Crippen LogP contribution in [-0.2, 0) is 0 Å². The van der Waals surface area contributed by atoms with Crippen LogP contribution >= 0.6 is 11.8 Å². The lowest BCUT2D eigenvalue weighted by Crippen LogP contribution is -2.08. The van der Waals surface area contributed by atoms with Gasteiger partial charge in [0.1, 0.15) is 11.1 Å². The minimum atomic E-state index is 0.0503. The van der Waals surface area contributed by atoms with Crippen LogP contribution in [0.3, 0.4) is 0 Å². The largest absolute Gasteiger partial charge is 0.397 e. The monoisotopic (exact) mass is 207 g/mol. The minimum absolute atomic E-state index is 0.0503. The van der Waals surface area contributed by atoms with Crippen molar-refractivity contribution in [2.24, 2.45) is 0 Å². The van der Waals surface area contributed by atoms with Gasteiger partial charge in [0.05, 0.1) is 17.4 Å². The van der Waals surface area contributed by atoms with Crippen LogP contribution in [0.1, 0.15) is 26.3 Å². The zero-order valence-electron chi connectivity index (χ0n) is 8.53. The maximum absolute atomic E-state index is 8.88. The summed E-state index contributed by atoms with van der Waals surface area (Å²) >= 11 is 1.57. The van der Waals surface area contributed by atoms with E-state index < -0.39 is 0 Å². The molecular weight excluding hydrogens is 194 g/mol. The molecule has 1 aromatic heterocycles. The second-order valence-electron chi connectivity index (χ2n) is 3.95. The number of nitrogens with zero attached hydrogens (tertiary/aromatic N) is 2. The van der Waals surface area contributed by atoms with E-state index in [0.29, 0.717) is 11.3 Å². The van der Waals surface area contributed by atoms with Crippen molar-refractivity contribution >= 4 is 17.4 Å². The number of rotatable bonds is 1. The SMILES string of the molecule is CC(C)(C)Sc1ncc(N)cc1C#N. The normalized spacial score (nSPS) is 11.0. The Morgan fingerprint density at radius 2 is 2.14 bits per heavy atom.